The molecule has 0 aliphatic carbocycles. The van der Waals surface area contributed by atoms with E-state index in [1.807, 2.05) is 17.0 Å². The highest BCUT2D eigenvalue weighted by molar-refractivity contribution is 8.03. The zero-order valence-corrected chi connectivity index (χ0v) is 24.5. The van der Waals surface area contributed by atoms with Crippen molar-refractivity contribution in [3.05, 3.63) is 53.1 Å². The van der Waals surface area contributed by atoms with Gasteiger partial charge in [-0.1, -0.05) is 23.9 Å². The van der Waals surface area contributed by atoms with Crippen LogP contribution in [0.5, 0.6) is 0 Å². The average Bonchev–Trinajstić information content (AvgIpc) is 3.21. The van der Waals surface area contributed by atoms with Gasteiger partial charge in [0.05, 0.1) is 28.8 Å². The van der Waals surface area contributed by atoms with Gasteiger partial charge in [0.25, 0.3) is 21.9 Å². The molecule has 0 unspecified atom stereocenters. The molecule has 15 heteroatoms. The van der Waals surface area contributed by atoms with Crippen molar-refractivity contribution >= 4 is 80.1 Å². The van der Waals surface area contributed by atoms with Gasteiger partial charge in [-0.2, -0.15) is 8.42 Å². The molecule has 0 radical (unpaired) electrons. The van der Waals surface area contributed by atoms with Crippen LogP contribution in [0, 0.1) is 0 Å². The average molecular weight is 613 g/mol. The van der Waals surface area contributed by atoms with Crippen LogP contribution in [0.2, 0.25) is 0 Å². The molecular weight excluding hydrogens is 585 g/mol. The lowest BCUT2D eigenvalue weighted by Crippen LogP contribution is -2.52. The minimum Gasteiger partial charge on any atom is -0.396 e. The van der Waals surface area contributed by atoms with Crippen LogP contribution in [-0.4, -0.2) is 95.2 Å². The van der Waals surface area contributed by atoms with E-state index in [-0.39, 0.29) is 35.4 Å². The number of hydrogen-bond acceptors (Lipinski definition) is 10. The van der Waals surface area contributed by atoms with Crippen molar-refractivity contribution in [1.82, 2.24) is 9.80 Å². The summed E-state index contributed by atoms with van der Waals surface area (Å²) in [4.78, 5) is 42.3. The van der Waals surface area contributed by atoms with Crippen LogP contribution in [0.1, 0.15) is 6.42 Å². The lowest BCUT2D eigenvalue weighted by atomic mass is 10.1. The Kier molecular flexibility index (Phi) is 10.7. The maximum atomic E-state index is 12.5. The Hall–Kier alpha value is -2.69. The fourth-order valence-electron chi connectivity index (χ4n) is 3.65. The van der Waals surface area contributed by atoms with Crippen LogP contribution in [0.15, 0.2) is 58.0 Å². The van der Waals surface area contributed by atoms with Crippen LogP contribution in [-0.2, 0) is 24.5 Å². The number of anilines is 2. The number of hydrogen-bond donors (Lipinski definition) is 3. The Morgan fingerprint density at radius 1 is 1.15 bits per heavy atom. The number of fused-ring (bicyclic) bond motifs is 1. The molecule has 1 fully saturated rings. The number of aliphatic hydroxyl groups is 1. The molecule has 2 aliphatic rings. The number of amides is 3. The standard InChI is InChI=1S/C24H28N4O7S4/c1-26-22(31)17(23(32)27(2)24(26)36)6-3-4-7-21-28(10-5-13-39(33,34)35)18-9-8-16(14-19(18)38-21)25-20(30)15-37-12-11-29/h3-4,6-9,14,29H,5,10-13,15H2,1-2H3,(H,25,30)(H,33,34,35)/b4-3+,21-7+. The van der Waals surface area contributed by atoms with E-state index in [4.69, 9.17) is 21.9 Å². The fraction of sp³-hybridized carbons (Fsp3) is 0.333. The normalized spacial score (nSPS) is 17.0. The first-order chi connectivity index (χ1) is 18.4. The molecule has 2 heterocycles. The summed E-state index contributed by atoms with van der Waals surface area (Å²) in [5.74, 6) is -0.922. The number of likely N-dealkylation sites (N-methyl/N-ethyl adjacent to an activating group) is 2. The highest BCUT2D eigenvalue weighted by atomic mass is 32.2. The Labute approximate surface area is 240 Å². The van der Waals surface area contributed by atoms with Crippen LogP contribution in [0.25, 0.3) is 0 Å². The summed E-state index contributed by atoms with van der Waals surface area (Å²) in [6.45, 7) is 0.296. The first-order valence-corrected chi connectivity index (χ1v) is 15.6. The minimum absolute atomic E-state index is 0.00367. The zero-order chi connectivity index (χ0) is 28.7. The third-order valence-electron chi connectivity index (χ3n) is 5.52. The van der Waals surface area contributed by atoms with E-state index < -0.39 is 27.7 Å². The summed E-state index contributed by atoms with van der Waals surface area (Å²) in [7, 11) is -1.13. The maximum absolute atomic E-state index is 12.5. The zero-order valence-electron chi connectivity index (χ0n) is 21.2. The third kappa shape index (κ3) is 8.16. The van der Waals surface area contributed by atoms with E-state index in [2.05, 4.69) is 5.32 Å². The molecule has 210 valence electrons. The van der Waals surface area contributed by atoms with Gasteiger partial charge in [0.2, 0.25) is 5.91 Å². The van der Waals surface area contributed by atoms with Crippen LogP contribution >= 0.6 is 35.7 Å². The molecule has 0 spiro atoms. The van der Waals surface area contributed by atoms with Gasteiger partial charge in [0.15, 0.2) is 5.11 Å². The lowest BCUT2D eigenvalue weighted by molar-refractivity contribution is -0.132. The Balaban J connectivity index is 1.80. The van der Waals surface area contributed by atoms with Gasteiger partial charge in [-0.15, -0.1) is 11.8 Å². The van der Waals surface area contributed by atoms with E-state index >= 15 is 0 Å². The van der Waals surface area contributed by atoms with Crippen LogP contribution in [0.3, 0.4) is 0 Å². The number of aliphatic hydroxyl groups excluding tert-OH is 1. The highest BCUT2D eigenvalue weighted by Gasteiger charge is 2.34. The number of rotatable bonds is 11. The van der Waals surface area contributed by atoms with E-state index in [9.17, 15) is 22.8 Å². The Morgan fingerprint density at radius 2 is 1.82 bits per heavy atom. The van der Waals surface area contributed by atoms with Crippen molar-refractivity contribution in [3.63, 3.8) is 0 Å². The maximum Gasteiger partial charge on any atom is 0.265 e. The second kappa shape index (κ2) is 13.6. The molecule has 1 aromatic carbocycles. The van der Waals surface area contributed by atoms with E-state index in [0.29, 0.717) is 18.0 Å². The van der Waals surface area contributed by atoms with Gasteiger partial charge in [0, 0.05) is 37.0 Å². The smallest absolute Gasteiger partial charge is 0.265 e. The molecule has 1 aromatic rings. The third-order valence-corrected chi connectivity index (χ3v) is 8.93. The first-order valence-electron chi connectivity index (χ1n) is 11.6. The largest absolute Gasteiger partial charge is 0.396 e. The molecule has 3 amide bonds. The molecule has 0 atom stereocenters. The van der Waals surface area contributed by atoms with Crippen molar-refractivity contribution in [2.24, 2.45) is 0 Å². The van der Waals surface area contributed by atoms with Crippen molar-refractivity contribution < 1.29 is 32.5 Å². The summed E-state index contributed by atoms with van der Waals surface area (Å²) in [5.41, 5.74) is 1.36. The molecule has 1 saturated heterocycles. The molecule has 3 rings (SSSR count). The number of carbonyl (C=O) groups is 3. The highest BCUT2D eigenvalue weighted by Crippen LogP contribution is 2.47. The monoisotopic (exact) mass is 612 g/mol. The second-order valence-electron chi connectivity index (χ2n) is 8.38. The van der Waals surface area contributed by atoms with Gasteiger partial charge in [-0.25, -0.2) is 0 Å². The van der Waals surface area contributed by atoms with Crippen LogP contribution < -0.4 is 10.2 Å². The number of thioether (sulfide) groups is 2. The number of thiocarbonyl (C=S) groups is 1. The van der Waals surface area contributed by atoms with Gasteiger partial charge in [-0.05, 0) is 49.0 Å². The summed E-state index contributed by atoms with van der Waals surface area (Å²) in [6, 6.07) is 5.36. The van der Waals surface area contributed by atoms with Crippen molar-refractivity contribution in [1.29, 1.82) is 0 Å². The number of allylic oxidation sites excluding steroid dienone is 4. The molecule has 0 bridgehead atoms. The molecular formula is C24H28N4O7S4. The Morgan fingerprint density at radius 3 is 2.46 bits per heavy atom. The van der Waals surface area contributed by atoms with Crippen LogP contribution in [0.4, 0.5) is 11.4 Å². The number of nitrogens with zero attached hydrogens (tertiary/aromatic N) is 3. The first kappa shape index (κ1) is 30.8. The van der Waals surface area contributed by atoms with Crippen molar-refractivity contribution in [2.75, 3.05) is 54.7 Å². The summed E-state index contributed by atoms with van der Waals surface area (Å²) >= 11 is 7.81. The van der Waals surface area contributed by atoms with E-state index in [1.165, 1.54) is 53.5 Å². The second-order valence-corrected chi connectivity index (χ2v) is 12.5. The summed E-state index contributed by atoms with van der Waals surface area (Å²) < 4.78 is 31.6. The lowest BCUT2D eigenvalue weighted by Gasteiger charge is -2.31. The predicted octanol–water partition coefficient (Wildman–Crippen LogP) is 2.08. The molecule has 0 aromatic heterocycles. The Bertz CT molecular complexity index is 1330. The number of carbonyl (C=O) groups excluding carboxylic acids is 3. The number of benzene rings is 1. The van der Waals surface area contributed by atoms with E-state index in [1.54, 1.807) is 24.3 Å². The summed E-state index contributed by atoms with van der Waals surface area (Å²) in [5, 5.41) is 12.6. The van der Waals surface area contributed by atoms with Gasteiger partial charge in [-0.3, -0.25) is 28.7 Å². The molecule has 39 heavy (non-hydrogen) atoms. The van der Waals surface area contributed by atoms with Gasteiger partial charge >= 0.3 is 0 Å². The predicted molar refractivity (Wildman–Crippen MR) is 157 cm³/mol. The SMILES string of the molecule is CN1C(=O)C(=C/C=C/C=C2/Sc3cc(NC(=O)CSCCO)ccc3N2CCCS(=O)(=O)O)C(=O)N(C)C1=S. The quantitative estimate of drug-likeness (QED) is 0.111. The van der Waals surface area contributed by atoms with Gasteiger partial charge < -0.3 is 15.3 Å². The molecule has 2 aliphatic heterocycles. The van der Waals surface area contributed by atoms with E-state index in [0.717, 1.165) is 15.6 Å². The van der Waals surface area contributed by atoms with Gasteiger partial charge in [0.1, 0.15) is 5.57 Å². The van der Waals surface area contributed by atoms with Crippen molar-refractivity contribution in [3.8, 4) is 0 Å². The minimum atomic E-state index is -4.12. The molecule has 0 saturated carbocycles. The molecule has 11 nitrogen and oxygen atoms in total. The molecule has 3 N–H and O–H groups in total. The summed E-state index contributed by atoms with van der Waals surface area (Å²) in [6.07, 6.45) is 6.56. The number of nitrogens with one attached hydrogen (secondary N) is 1. The topological polar surface area (TPSA) is 148 Å². The van der Waals surface area contributed by atoms with Crippen molar-refractivity contribution in [2.45, 2.75) is 11.3 Å². The fourth-order valence-corrected chi connectivity index (χ4v) is 5.98.